The maximum Gasteiger partial charge on any atom is 0.246 e. The van der Waals surface area contributed by atoms with Gasteiger partial charge in [0.15, 0.2) is 5.69 Å². The van der Waals surface area contributed by atoms with Crippen molar-refractivity contribution >= 4 is 21.6 Å². The van der Waals surface area contributed by atoms with Gasteiger partial charge in [0.05, 0.1) is 0 Å². The normalized spacial score (nSPS) is 12.9. The van der Waals surface area contributed by atoms with Crippen molar-refractivity contribution in [3.05, 3.63) is 58.9 Å². The Bertz CT molecular complexity index is 831. The first-order valence-corrected chi connectivity index (χ1v) is 8.29. The van der Waals surface area contributed by atoms with E-state index in [2.05, 4.69) is 4.98 Å². The number of pyridine rings is 1. The Morgan fingerprint density at radius 2 is 1.95 bits per heavy atom. The number of hydrogen-bond donors (Lipinski definition) is 0. The van der Waals surface area contributed by atoms with Crippen molar-refractivity contribution in [2.24, 2.45) is 0 Å². The van der Waals surface area contributed by atoms with E-state index in [1.54, 1.807) is 37.3 Å². The maximum absolute atomic E-state index is 12.7. The van der Waals surface area contributed by atoms with Crippen molar-refractivity contribution in [2.45, 2.75) is 17.9 Å². The lowest BCUT2D eigenvalue weighted by Gasteiger charge is -2.25. The Balaban J connectivity index is 2.46. The summed E-state index contributed by atoms with van der Waals surface area (Å²) in [5.41, 5.74) is 0.568. The third-order valence-corrected chi connectivity index (χ3v) is 5.74. The molecular formula is C15H14ClN3O2S. The molecule has 0 radical (unpaired) electrons. The number of rotatable bonds is 4. The zero-order valence-electron chi connectivity index (χ0n) is 12.1. The number of nitriles is 1. The fraction of sp³-hybridized carbons (Fsp3) is 0.200. The summed E-state index contributed by atoms with van der Waals surface area (Å²) in [7, 11) is -2.40. The summed E-state index contributed by atoms with van der Waals surface area (Å²) in [6, 6.07) is 11.2. The van der Waals surface area contributed by atoms with E-state index in [0.717, 1.165) is 0 Å². The SMILES string of the molecule is CC(c1ccccc1Cl)N(C)S(=O)(=O)c1cccnc1C#N. The van der Waals surface area contributed by atoms with Crippen LogP contribution in [-0.4, -0.2) is 24.8 Å². The largest absolute Gasteiger partial charge is 0.246 e. The van der Waals surface area contributed by atoms with E-state index < -0.39 is 16.1 Å². The average molecular weight is 336 g/mol. The second kappa shape index (κ2) is 6.44. The van der Waals surface area contributed by atoms with Crippen molar-refractivity contribution in [1.29, 1.82) is 5.26 Å². The molecule has 1 heterocycles. The summed E-state index contributed by atoms with van der Waals surface area (Å²) in [6.45, 7) is 1.74. The van der Waals surface area contributed by atoms with Gasteiger partial charge in [0.25, 0.3) is 0 Å². The number of aromatic nitrogens is 1. The maximum atomic E-state index is 12.7. The predicted octanol–water partition coefficient (Wildman–Crippen LogP) is 2.99. The third kappa shape index (κ3) is 2.97. The summed E-state index contributed by atoms with van der Waals surface area (Å²) in [5.74, 6) is 0. The Kier molecular flexibility index (Phi) is 4.81. The molecule has 2 aromatic rings. The molecule has 0 fully saturated rings. The monoisotopic (exact) mass is 335 g/mol. The van der Waals surface area contributed by atoms with Crippen LogP contribution in [0.15, 0.2) is 47.5 Å². The quantitative estimate of drug-likeness (QED) is 0.860. The topological polar surface area (TPSA) is 74.1 Å². The van der Waals surface area contributed by atoms with Gasteiger partial charge >= 0.3 is 0 Å². The van der Waals surface area contributed by atoms with Gasteiger partial charge in [-0.05, 0) is 30.7 Å². The second-order valence-electron chi connectivity index (χ2n) is 4.68. The van der Waals surface area contributed by atoms with Gasteiger partial charge < -0.3 is 0 Å². The molecule has 114 valence electrons. The highest BCUT2D eigenvalue weighted by atomic mass is 35.5. The van der Waals surface area contributed by atoms with E-state index >= 15 is 0 Å². The zero-order chi connectivity index (χ0) is 16.3. The van der Waals surface area contributed by atoms with E-state index in [-0.39, 0.29) is 10.6 Å². The van der Waals surface area contributed by atoms with E-state index in [1.165, 1.54) is 29.7 Å². The van der Waals surface area contributed by atoms with Crippen molar-refractivity contribution in [1.82, 2.24) is 9.29 Å². The molecule has 0 aliphatic heterocycles. The number of benzene rings is 1. The molecule has 1 atom stereocenters. The van der Waals surface area contributed by atoms with Crippen molar-refractivity contribution < 1.29 is 8.42 Å². The molecule has 0 saturated carbocycles. The van der Waals surface area contributed by atoms with Crippen LogP contribution >= 0.6 is 11.6 Å². The van der Waals surface area contributed by atoms with Crippen LogP contribution in [0, 0.1) is 11.3 Å². The van der Waals surface area contributed by atoms with Gasteiger partial charge in [0, 0.05) is 24.3 Å². The van der Waals surface area contributed by atoms with Gasteiger partial charge in [-0.25, -0.2) is 13.4 Å². The lowest BCUT2D eigenvalue weighted by atomic mass is 10.1. The lowest BCUT2D eigenvalue weighted by molar-refractivity contribution is 0.398. The molecule has 1 unspecified atom stereocenters. The third-order valence-electron chi connectivity index (χ3n) is 3.43. The van der Waals surface area contributed by atoms with Gasteiger partial charge in [-0.2, -0.15) is 9.57 Å². The molecule has 0 saturated heterocycles. The summed E-state index contributed by atoms with van der Waals surface area (Å²) < 4.78 is 26.6. The highest BCUT2D eigenvalue weighted by Gasteiger charge is 2.29. The van der Waals surface area contributed by atoms with E-state index in [1.807, 2.05) is 0 Å². The standard InChI is InChI=1S/C15H14ClN3O2S/c1-11(12-6-3-4-7-13(12)16)19(2)22(20,21)15-8-5-9-18-14(15)10-17/h3-9,11H,1-2H3. The van der Waals surface area contributed by atoms with Crippen LogP contribution in [-0.2, 0) is 10.0 Å². The van der Waals surface area contributed by atoms with Crippen molar-refractivity contribution in [2.75, 3.05) is 7.05 Å². The van der Waals surface area contributed by atoms with Crippen LogP contribution < -0.4 is 0 Å². The van der Waals surface area contributed by atoms with Crippen LogP contribution in [0.2, 0.25) is 5.02 Å². The molecule has 0 bridgehead atoms. The Hall–Kier alpha value is -1.94. The molecule has 0 N–H and O–H groups in total. The molecule has 5 nitrogen and oxygen atoms in total. The van der Waals surface area contributed by atoms with Crippen molar-refractivity contribution in [3.8, 4) is 6.07 Å². The highest BCUT2D eigenvalue weighted by Crippen LogP contribution is 2.30. The molecule has 0 spiro atoms. The summed E-state index contributed by atoms with van der Waals surface area (Å²) >= 11 is 6.13. The predicted molar refractivity (Wildman–Crippen MR) is 83.8 cm³/mol. The molecule has 7 heteroatoms. The fourth-order valence-electron chi connectivity index (χ4n) is 2.06. The Morgan fingerprint density at radius 1 is 1.27 bits per heavy atom. The van der Waals surface area contributed by atoms with Gasteiger partial charge in [0.2, 0.25) is 10.0 Å². The lowest BCUT2D eigenvalue weighted by Crippen LogP contribution is -2.30. The molecule has 0 aliphatic carbocycles. The van der Waals surface area contributed by atoms with Gasteiger partial charge in [-0.15, -0.1) is 0 Å². The molecule has 0 amide bonds. The number of hydrogen-bond acceptors (Lipinski definition) is 4. The minimum Gasteiger partial charge on any atom is -0.244 e. The molecule has 22 heavy (non-hydrogen) atoms. The summed E-state index contributed by atoms with van der Waals surface area (Å²) in [6.07, 6.45) is 1.38. The van der Waals surface area contributed by atoms with Crippen LogP contribution in [0.25, 0.3) is 0 Å². The highest BCUT2D eigenvalue weighted by molar-refractivity contribution is 7.89. The zero-order valence-corrected chi connectivity index (χ0v) is 13.6. The van der Waals surface area contributed by atoms with Gasteiger partial charge in [0.1, 0.15) is 11.0 Å². The smallest absolute Gasteiger partial charge is 0.244 e. The molecule has 2 rings (SSSR count). The minimum atomic E-state index is -3.86. The minimum absolute atomic E-state index is 0.112. The second-order valence-corrected chi connectivity index (χ2v) is 7.05. The Morgan fingerprint density at radius 3 is 2.59 bits per heavy atom. The molecule has 1 aromatic heterocycles. The van der Waals surface area contributed by atoms with Gasteiger partial charge in [-0.3, -0.25) is 0 Å². The fourth-order valence-corrected chi connectivity index (χ4v) is 3.78. The van der Waals surface area contributed by atoms with E-state index in [0.29, 0.717) is 10.6 Å². The van der Waals surface area contributed by atoms with Crippen LogP contribution in [0.3, 0.4) is 0 Å². The average Bonchev–Trinajstić information content (AvgIpc) is 2.53. The first kappa shape index (κ1) is 16.4. The first-order valence-electron chi connectivity index (χ1n) is 6.47. The van der Waals surface area contributed by atoms with Gasteiger partial charge in [-0.1, -0.05) is 29.8 Å². The summed E-state index contributed by atoms with van der Waals surface area (Å²) in [5, 5.41) is 9.54. The molecule has 0 aliphatic rings. The molecule has 1 aromatic carbocycles. The number of nitrogens with zero attached hydrogens (tertiary/aromatic N) is 3. The number of halogens is 1. The van der Waals surface area contributed by atoms with Crippen LogP contribution in [0.1, 0.15) is 24.2 Å². The Labute approximate surface area is 134 Å². The first-order chi connectivity index (χ1) is 10.4. The van der Waals surface area contributed by atoms with E-state index in [4.69, 9.17) is 16.9 Å². The molecular weight excluding hydrogens is 322 g/mol. The van der Waals surface area contributed by atoms with Crippen LogP contribution in [0.4, 0.5) is 0 Å². The van der Waals surface area contributed by atoms with Crippen LogP contribution in [0.5, 0.6) is 0 Å². The number of sulfonamides is 1. The van der Waals surface area contributed by atoms with E-state index in [9.17, 15) is 8.42 Å². The summed E-state index contributed by atoms with van der Waals surface area (Å²) in [4.78, 5) is 3.69. The van der Waals surface area contributed by atoms with Crippen molar-refractivity contribution in [3.63, 3.8) is 0 Å².